The Hall–Kier alpha value is -3.42. The summed E-state index contributed by atoms with van der Waals surface area (Å²) in [6.45, 7) is 6.95. The van der Waals surface area contributed by atoms with Crippen LogP contribution in [0.25, 0.3) is 5.65 Å². The molecule has 3 heterocycles. The minimum absolute atomic E-state index is 0.000449. The summed E-state index contributed by atoms with van der Waals surface area (Å²) in [7, 11) is 0. The maximum atomic E-state index is 13.2. The number of aromatic nitrogens is 3. The van der Waals surface area contributed by atoms with Crippen molar-refractivity contribution in [2.75, 3.05) is 13.1 Å². The first kappa shape index (κ1) is 22.8. The van der Waals surface area contributed by atoms with Crippen molar-refractivity contribution < 1.29 is 9.59 Å². The molecular formula is C25H31N5O3. The van der Waals surface area contributed by atoms with Crippen LogP contribution in [0.3, 0.4) is 0 Å². The normalized spacial score (nSPS) is 14.0. The minimum atomic E-state index is -0.524. The molecule has 3 aromatic heterocycles. The number of imidazole rings is 1. The number of nitrogens with one attached hydrogen (secondary N) is 1. The van der Waals surface area contributed by atoms with Crippen molar-refractivity contribution in [1.82, 2.24) is 24.2 Å². The Labute approximate surface area is 193 Å². The zero-order valence-electron chi connectivity index (χ0n) is 19.5. The Balaban J connectivity index is 1.63. The van der Waals surface area contributed by atoms with Gasteiger partial charge in [-0.3, -0.25) is 14.4 Å². The van der Waals surface area contributed by atoms with Crippen LogP contribution in [0.5, 0.6) is 0 Å². The van der Waals surface area contributed by atoms with Gasteiger partial charge in [0.25, 0.3) is 11.8 Å². The molecule has 0 bridgehead atoms. The molecule has 33 heavy (non-hydrogen) atoms. The lowest BCUT2D eigenvalue weighted by molar-refractivity contribution is 0.0770. The number of hydrogen-bond acceptors (Lipinski definition) is 4. The molecule has 4 rings (SSSR count). The van der Waals surface area contributed by atoms with Gasteiger partial charge in [0.15, 0.2) is 0 Å². The number of hydrogen-bond donors (Lipinski definition) is 1. The van der Waals surface area contributed by atoms with E-state index in [-0.39, 0.29) is 29.6 Å². The second-order valence-electron chi connectivity index (χ2n) is 8.66. The van der Waals surface area contributed by atoms with Gasteiger partial charge in [0.1, 0.15) is 16.8 Å². The van der Waals surface area contributed by atoms with Crippen LogP contribution in [0.15, 0.2) is 41.7 Å². The largest absolute Gasteiger partial charge is 0.349 e. The second-order valence-corrected chi connectivity index (χ2v) is 8.66. The number of nitrogens with zero attached hydrogens (tertiary/aromatic N) is 4. The lowest BCUT2D eigenvalue weighted by Crippen LogP contribution is -2.38. The molecule has 8 nitrogen and oxygen atoms in total. The van der Waals surface area contributed by atoms with Crippen molar-refractivity contribution in [3.63, 3.8) is 0 Å². The first-order valence-corrected chi connectivity index (χ1v) is 11.7. The lowest BCUT2D eigenvalue weighted by atomic mass is 10.1. The fourth-order valence-corrected chi connectivity index (χ4v) is 4.49. The first-order valence-electron chi connectivity index (χ1n) is 11.7. The van der Waals surface area contributed by atoms with Crippen LogP contribution >= 0.6 is 0 Å². The molecule has 8 heteroatoms. The molecule has 0 radical (unpaired) electrons. The van der Waals surface area contributed by atoms with Gasteiger partial charge in [0.05, 0.1) is 12.2 Å². The molecule has 1 aliphatic rings. The Morgan fingerprint density at radius 3 is 2.52 bits per heavy atom. The average molecular weight is 450 g/mol. The Morgan fingerprint density at radius 2 is 1.82 bits per heavy atom. The highest BCUT2D eigenvalue weighted by Gasteiger charge is 2.25. The van der Waals surface area contributed by atoms with Gasteiger partial charge in [-0.25, -0.2) is 4.98 Å². The van der Waals surface area contributed by atoms with E-state index in [2.05, 4.69) is 10.3 Å². The van der Waals surface area contributed by atoms with Crippen molar-refractivity contribution in [2.24, 2.45) is 0 Å². The van der Waals surface area contributed by atoms with Crippen LogP contribution in [0.4, 0.5) is 0 Å². The number of pyridine rings is 2. The van der Waals surface area contributed by atoms with E-state index in [1.54, 1.807) is 17.3 Å². The third-order valence-corrected chi connectivity index (χ3v) is 6.41. The Kier molecular flexibility index (Phi) is 6.62. The highest BCUT2D eigenvalue weighted by molar-refractivity contribution is 5.99. The van der Waals surface area contributed by atoms with Gasteiger partial charge in [-0.1, -0.05) is 12.8 Å². The summed E-state index contributed by atoms with van der Waals surface area (Å²) in [5, 5.41) is 2.82. The van der Waals surface area contributed by atoms with Gasteiger partial charge in [-0.2, -0.15) is 0 Å². The van der Waals surface area contributed by atoms with Crippen molar-refractivity contribution in [1.29, 1.82) is 0 Å². The van der Waals surface area contributed by atoms with Gasteiger partial charge < -0.3 is 19.2 Å². The molecule has 1 aliphatic carbocycles. The minimum Gasteiger partial charge on any atom is -0.349 e. The molecule has 0 saturated heterocycles. The predicted molar refractivity (Wildman–Crippen MR) is 127 cm³/mol. The van der Waals surface area contributed by atoms with Gasteiger partial charge in [0.2, 0.25) is 5.43 Å². The molecule has 174 valence electrons. The number of fused-ring (bicyclic) bond motifs is 1. The monoisotopic (exact) mass is 449 g/mol. The Bertz CT molecular complexity index is 1230. The molecule has 1 fully saturated rings. The summed E-state index contributed by atoms with van der Waals surface area (Å²) in [6, 6.07) is 4.15. The smallest absolute Gasteiger partial charge is 0.259 e. The molecule has 0 aromatic carbocycles. The highest BCUT2D eigenvalue weighted by atomic mass is 16.2. The molecule has 0 atom stereocenters. The molecule has 1 N–H and O–H groups in total. The average Bonchev–Trinajstić information content (AvgIpc) is 3.48. The third-order valence-electron chi connectivity index (χ3n) is 6.41. The van der Waals surface area contributed by atoms with Crippen LogP contribution in [-0.4, -0.2) is 43.8 Å². The maximum absolute atomic E-state index is 13.2. The number of aryl methyl sites for hydroxylation is 1. The quantitative estimate of drug-likeness (QED) is 0.599. The summed E-state index contributed by atoms with van der Waals surface area (Å²) in [6.07, 6.45) is 11.2. The summed E-state index contributed by atoms with van der Waals surface area (Å²) in [5.41, 5.74) is 2.13. The zero-order chi connectivity index (χ0) is 23.5. The van der Waals surface area contributed by atoms with Crippen LogP contribution in [-0.2, 0) is 6.54 Å². The molecule has 3 aromatic rings. The van der Waals surface area contributed by atoms with Crippen LogP contribution < -0.4 is 10.7 Å². The number of rotatable bonds is 7. The van der Waals surface area contributed by atoms with Gasteiger partial charge in [-0.05, 0) is 51.3 Å². The van der Waals surface area contributed by atoms with E-state index in [1.165, 1.54) is 0 Å². The van der Waals surface area contributed by atoms with Gasteiger partial charge >= 0.3 is 0 Å². The number of carbonyl (C=O) groups is 2. The fourth-order valence-electron chi connectivity index (χ4n) is 4.49. The van der Waals surface area contributed by atoms with E-state index in [0.717, 1.165) is 36.9 Å². The van der Waals surface area contributed by atoms with Crippen LogP contribution in [0, 0.1) is 6.92 Å². The summed E-state index contributed by atoms with van der Waals surface area (Å²) in [5.74, 6) is -0.823. The van der Waals surface area contributed by atoms with E-state index < -0.39 is 11.3 Å². The number of carbonyl (C=O) groups excluding carboxylic acids is 2. The van der Waals surface area contributed by atoms with Crippen LogP contribution in [0.1, 0.15) is 77.5 Å². The van der Waals surface area contributed by atoms with E-state index >= 15 is 0 Å². The van der Waals surface area contributed by atoms with E-state index in [1.807, 2.05) is 54.3 Å². The van der Waals surface area contributed by atoms with Crippen molar-refractivity contribution in [2.45, 2.75) is 59.0 Å². The molecule has 0 unspecified atom stereocenters. The summed E-state index contributed by atoms with van der Waals surface area (Å²) in [4.78, 5) is 45.5. The topological polar surface area (TPSA) is 88.7 Å². The SMILES string of the molecule is CCN(CC)C(=O)c1cn(C2CCCC2)cc(C(=O)NCc2cn3ccc(C)cc3n2)c1=O. The summed E-state index contributed by atoms with van der Waals surface area (Å²) >= 11 is 0. The molecule has 0 spiro atoms. The zero-order valence-corrected chi connectivity index (χ0v) is 19.5. The maximum Gasteiger partial charge on any atom is 0.259 e. The molecule has 1 saturated carbocycles. The van der Waals surface area contributed by atoms with Gasteiger partial charge in [0, 0.05) is 43.9 Å². The molecule has 0 aliphatic heterocycles. The number of amides is 2. The molecular weight excluding hydrogens is 418 g/mol. The van der Waals surface area contributed by atoms with Crippen LogP contribution in [0.2, 0.25) is 0 Å². The van der Waals surface area contributed by atoms with Crippen molar-refractivity contribution in [3.05, 3.63) is 69.5 Å². The fraction of sp³-hybridized carbons (Fsp3) is 0.440. The van der Waals surface area contributed by atoms with E-state index in [9.17, 15) is 14.4 Å². The predicted octanol–water partition coefficient (Wildman–Crippen LogP) is 3.33. The van der Waals surface area contributed by atoms with Crippen molar-refractivity contribution in [3.8, 4) is 0 Å². The second kappa shape index (κ2) is 9.60. The molecule has 2 amide bonds. The van der Waals surface area contributed by atoms with E-state index in [0.29, 0.717) is 18.8 Å². The standard InChI is InChI=1S/C25H31N5O3/c1-4-28(5-2)25(33)21-16-30(19-8-6-7-9-19)15-20(23(21)31)24(32)26-13-18-14-29-11-10-17(3)12-22(29)27-18/h10-12,14-16,19H,4-9,13H2,1-3H3,(H,26,32). The first-order chi connectivity index (χ1) is 15.9. The Morgan fingerprint density at radius 1 is 1.12 bits per heavy atom. The van der Waals surface area contributed by atoms with Crippen molar-refractivity contribution >= 4 is 17.5 Å². The lowest BCUT2D eigenvalue weighted by Gasteiger charge is -2.21. The van der Waals surface area contributed by atoms with E-state index in [4.69, 9.17) is 0 Å². The van der Waals surface area contributed by atoms with Gasteiger partial charge in [-0.15, -0.1) is 0 Å². The highest BCUT2D eigenvalue weighted by Crippen LogP contribution is 2.29. The summed E-state index contributed by atoms with van der Waals surface area (Å²) < 4.78 is 3.79. The third kappa shape index (κ3) is 4.69.